The summed E-state index contributed by atoms with van der Waals surface area (Å²) in [5, 5.41) is 12.1. The van der Waals surface area contributed by atoms with Gasteiger partial charge in [0, 0.05) is 50.7 Å². The van der Waals surface area contributed by atoms with Crippen molar-refractivity contribution in [2.24, 2.45) is 0 Å². The zero-order valence-electron chi connectivity index (χ0n) is 14.7. The van der Waals surface area contributed by atoms with E-state index in [9.17, 15) is 4.39 Å². The van der Waals surface area contributed by atoms with Gasteiger partial charge in [-0.15, -0.1) is 5.10 Å². The first-order chi connectivity index (χ1) is 12.7. The van der Waals surface area contributed by atoms with Gasteiger partial charge in [-0.25, -0.2) is 9.07 Å². The maximum Gasteiger partial charge on any atom is 0.128 e. The fraction of sp³-hybridized carbons (Fsp3) is 0.316. The fourth-order valence-corrected chi connectivity index (χ4v) is 3.19. The molecule has 0 amide bonds. The second-order valence-electron chi connectivity index (χ2n) is 6.49. The topological polar surface area (TPSA) is 58.9 Å². The maximum absolute atomic E-state index is 14.1. The average Bonchev–Trinajstić information content (AvgIpc) is 3.09. The van der Waals surface area contributed by atoms with E-state index in [0.29, 0.717) is 17.8 Å². The summed E-state index contributed by atoms with van der Waals surface area (Å²) in [5.41, 5.74) is 4.02. The molecule has 3 heterocycles. The van der Waals surface area contributed by atoms with Gasteiger partial charge in [-0.05, 0) is 36.8 Å². The van der Waals surface area contributed by atoms with Gasteiger partial charge in [-0.3, -0.25) is 9.88 Å². The van der Waals surface area contributed by atoms with Crippen LogP contribution in [0.4, 0.5) is 4.39 Å². The number of benzene rings is 1. The molecule has 1 aromatic carbocycles. The lowest BCUT2D eigenvalue weighted by Gasteiger charge is -2.26. The monoisotopic (exact) mass is 352 g/mol. The minimum atomic E-state index is -0.248. The standard InChI is InChI=1S/C19H21FN6/c1-14-2-3-16(12-17(14)20)26-19(15-4-6-21-7-5-15)18(23-24-26)13-25-10-8-22-9-11-25/h2-7,12,22H,8-11,13H2,1H3. The molecule has 0 atom stereocenters. The average molecular weight is 352 g/mol. The summed E-state index contributed by atoms with van der Waals surface area (Å²) >= 11 is 0. The predicted octanol–water partition coefficient (Wildman–Crippen LogP) is 2.18. The number of rotatable bonds is 4. The van der Waals surface area contributed by atoms with E-state index in [-0.39, 0.29) is 5.82 Å². The normalized spacial score (nSPS) is 15.3. The number of aryl methyl sites for hydroxylation is 1. The lowest BCUT2D eigenvalue weighted by atomic mass is 10.1. The van der Waals surface area contributed by atoms with Crippen LogP contribution in [-0.2, 0) is 6.54 Å². The van der Waals surface area contributed by atoms with Gasteiger partial charge in [0.15, 0.2) is 0 Å². The molecule has 6 nitrogen and oxygen atoms in total. The Hall–Kier alpha value is -2.64. The molecule has 1 N–H and O–H groups in total. The smallest absolute Gasteiger partial charge is 0.128 e. The Labute approximate surface area is 151 Å². The van der Waals surface area contributed by atoms with Crippen LogP contribution in [0.1, 0.15) is 11.3 Å². The van der Waals surface area contributed by atoms with Crippen molar-refractivity contribution in [3.8, 4) is 16.9 Å². The van der Waals surface area contributed by atoms with Crippen LogP contribution in [0, 0.1) is 12.7 Å². The van der Waals surface area contributed by atoms with Crippen molar-refractivity contribution >= 4 is 0 Å². The van der Waals surface area contributed by atoms with Gasteiger partial charge in [0.1, 0.15) is 11.5 Å². The van der Waals surface area contributed by atoms with E-state index in [0.717, 1.165) is 43.1 Å². The van der Waals surface area contributed by atoms with E-state index in [2.05, 4.69) is 25.5 Å². The first-order valence-corrected chi connectivity index (χ1v) is 8.77. The third-order valence-corrected chi connectivity index (χ3v) is 4.68. The lowest BCUT2D eigenvalue weighted by Crippen LogP contribution is -2.43. The number of halogens is 1. The van der Waals surface area contributed by atoms with Crippen LogP contribution in [0.2, 0.25) is 0 Å². The highest BCUT2D eigenvalue weighted by atomic mass is 19.1. The van der Waals surface area contributed by atoms with Crippen molar-refractivity contribution in [1.29, 1.82) is 0 Å². The predicted molar refractivity (Wildman–Crippen MR) is 97.4 cm³/mol. The van der Waals surface area contributed by atoms with E-state index in [1.165, 1.54) is 6.07 Å². The van der Waals surface area contributed by atoms with Crippen molar-refractivity contribution in [2.75, 3.05) is 26.2 Å². The molecule has 1 aliphatic heterocycles. The Balaban J connectivity index is 1.77. The molecule has 3 aromatic rings. The van der Waals surface area contributed by atoms with Gasteiger partial charge in [-0.2, -0.15) is 0 Å². The second-order valence-corrected chi connectivity index (χ2v) is 6.49. The van der Waals surface area contributed by atoms with Crippen LogP contribution in [0.3, 0.4) is 0 Å². The molecule has 0 bridgehead atoms. The Kier molecular flexibility index (Phi) is 4.73. The molecule has 0 spiro atoms. The SMILES string of the molecule is Cc1ccc(-n2nnc(CN3CCNCC3)c2-c2ccncc2)cc1F. The van der Waals surface area contributed by atoms with E-state index >= 15 is 0 Å². The largest absolute Gasteiger partial charge is 0.314 e. The molecule has 134 valence electrons. The van der Waals surface area contributed by atoms with Crippen LogP contribution < -0.4 is 5.32 Å². The molecular formula is C19H21FN6. The second kappa shape index (κ2) is 7.31. The summed E-state index contributed by atoms with van der Waals surface area (Å²) in [6.45, 7) is 6.36. The van der Waals surface area contributed by atoms with Crippen LogP contribution in [0.5, 0.6) is 0 Å². The number of piperazine rings is 1. The lowest BCUT2D eigenvalue weighted by molar-refractivity contribution is 0.231. The van der Waals surface area contributed by atoms with Gasteiger partial charge in [0.25, 0.3) is 0 Å². The Bertz CT molecular complexity index is 886. The van der Waals surface area contributed by atoms with Crippen LogP contribution in [-0.4, -0.2) is 51.1 Å². The first-order valence-electron chi connectivity index (χ1n) is 8.77. The summed E-state index contributed by atoms with van der Waals surface area (Å²) in [6, 6.07) is 9.00. The van der Waals surface area contributed by atoms with Gasteiger partial charge < -0.3 is 5.32 Å². The maximum atomic E-state index is 14.1. The molecule has 1 saturated heterocycles. The minimum Gasteiger partial charge on any atom is -0.314 e. The van der Waals surface area contributed by atoms with E-state index < -0.39 is 0 Å². The summed E-state index contributed by atoms with van der Waals surface area (Å²) < 4.78 is 15.8. The summed E-state index contributed by atoms with van der Waals surface area (Å²) in [5.74, 6) is -0.248. The van der Waals surface area contributed by atoms with Crippen molar-refractivity contribution in [3.05, 3.63) is 59.8 Å². The highest BCUT2D eigenvalue weighted by molar-refractivity contribution is 5.63. The van der Waals surface area contributed by atoms with Gasteiger partial charge in [0.05, 0.1) is 11.4 Å². The Morgan fingerprint density at radius 2 is 1.88 bits per heavy atom. The highest BCUT2D eigenvalue weighted by Gasteiger charge is 2.20. The molecule has 1 fully saturated rings. The van der Waals surface area contributed by atoms with E-state index in [4.69, 9.17) is 0 Å². The third-order valence-electron chi connectivity index (χ3n) is 4.68. The molecule has 7 heteroatoms. The highest BCUT2D eigenvalue weighted by Crippen LogP contribution is 2.26. The molecule has 2 aromatic heterocycles. The minimum absolute atomic E-state index is 0.248. The quantitative estimate of drug-likeness (QED) is 0.780. The summed E-state index contributed by atoms with van der Waals surface area (Å²) in [4.78, 5) is 6.45. The zero-order valence-corrected chi connectivity index (χ0v) is 14.7. The summed E-state index contributed by atoms with van der Waals surface area (Å²) in [6.07, 6.45) is 3.49. The Morgan fingerprint density at radius 1 is 1.12 bits per heavy atom. The molecule has 0 aliphatic carbocycles. The van der Waals surface area contributed by atoms with Crippen LogP contribution >= 0.6 is 0 Å². The van der Waals surface area contributed by atoms with Gasteiger partial charge in [-0.1, -0.05) is 11.3 Å². The number of hydrogen-bond acceptors (Lipinski definition) is 5. The van der Waals surface area contributed by atoms with E-state index in [1.54, 1.807) is 30.1 Å². The van der Waals surface area contributed by atoms with Crippen molar-refractivity contribution in [1.82, 2.24) is 30.2 Å². The molecule has 4 rings (SSSR count). The number of hydrogen-bond donors (Lipinski definition) is 1. The summed E-state index contributed by atoms with van der Waals surface area (Å²) in [7, 11) is 0. The number of nitrogens with one attached hydrogen (secondary N) is 1. The fourth-order valence-electron chi connectivity index (χ4n) is 3.19. The number of aromatic nitrogens is 4. The molecule has 1 aliphatic rings. The molecule has 0 radical (unpaired) electrons. The first kappa shape index (κ1) is 16.8. The molecule has 0 saturated carbocycles. The molecule has 26 heavy (non-hydrogen) atoms. The van der Waals surface area contributed by atoms with Crippen LogP contribution in [0.15, 0.2) is 42.7 Å². The zero-order chi connectivity index (χ0) is 17.9. The van der Waals surface area contributed by atoms with Gasteiger partial charge >= 0.3 is 0 Å². The molecular weight excluding hydrogens is 331 g/mol. The Morgan fingerprint density at radius 3 is 2.62 bits per heavy atom. The van der Waals surface area contributed by atoms with Crippen LogP contribution in [0.25, 0.3) is 16.9 Å². The van der Waals surface area contributed by atoms with Crippen molar-refractivity contribution in [3.63, 3.8) is 0 Å². The van der Waals surface area contributed by atoms with Gasteiger partial charge in [0.2, 0.25) is 0 Å². The third kappa shape index (κ3) is 3.36. The number of pyridine rings is 1. The van der Waals surface area contributed by atoms with Crippen molar-refractivity contribution < 1.29 is 4.39 Å². The van der Waals surface area contributed by atoms with Crippen molar-refractivity contribution in [2.45, 2.75) is 13.5 Å². The number of nitrogens with zero attached hydrogens (tertiary/aromatic N) is 5. The van der Waals surface area contributed by atoms with E-state index in [1.807, 2.05) is 18.2 Å². The molecule has 0 unspecified atom stereocenters.